The molecule has 1 aliphatic carbocycles. The predicted octanol–water partition coefficient (Wildman–Crippen LogP) is 3.85. The number of benzene rings is 2. The molecule has 2 unspecified atom stereocenters. The Labute approximate surface area is 220 Å². The van der Waals surface area contributed by atoms with Crippen LogP contribution in [-0.4, -0.2) is 48.7 Å². The van der Waals surface area contributed by atoms with Gasteiger partial charge in [-0.25, -0.2) is 13.2 Å². The van der Waals surface area contributed by atoms with E-state index < -0.39 is 33.4 Å². The Balaban J connectivity index is 1.43. The summed E-state index contributed by atoms with van der Waals surface area (Å²) in [4.78, 5) is 35.1. The van der Waals surface area contributed by atoms with Crippen molar-refractivity contribution in [3.8, 4) is 6.07 Å². The molecule has 0 spiro atoms. The molecule has 1 saturated carbocycles. The van der Waals surface area contributed by atoms with Crippen molar-refractivity contribution in [2.45, 2.75) is 51.0 Å². The number of nitro benzene ring substituents is 1. The highest BCUT2D eigenvalue weighted by molar-refractivity contribution is 7.89. The molecule has 38 heavy (non-hydrogen) atoms. The average Bonchev–Trinajstić information content (AvgIpc) is 3.11. The third-order valence-electron chi connectivity index (χ3n) is 6.99. The molecule has 12 heteroatoms. The first-order chi connectivity index (χ1) is 17.7. The van der Waals surface area contributed by atoms with Crippen LogP contribution in [0, 0.1) is 32.3 Å². The van der Waals surface area contributed by atoms with E-state index in [1.807, 2.05) is 0 Å². The van der Waals surface area contributed by atoms with Gasteiger partial charge in [0.25, 0.3) is 11.6 Å². The summed E-state index contributed by atoms with van der Waals surface area (Å²) in [7, 11) is -3.86. The molecule has 2 fully saturated rings. The molecule has 0 aromatic heterocycles. The summed E-state index contributed by atoms with van der Waals surface area (Å²) < 4.78 is 33.7. The van der Waals surface area contributed by atoms with Gasteiger partial charge in [0.2, 0.25) is 10.0 Å². The molecule has 2 bridgehead atoms. The lowest BCUT2D eigenvalue weighted by Crippen LogP contribution is -2.37. The number of fused-ring (bicyclic) bond motifs is 2. The molecule has 1 aliphatic heterocycles. The van der Waals surface area contributed by atoms with E-state index in [4.69, 9.17) is 4.74 Å². The highest BCUT2D eigenvalue weighted by Crippen LogP contribution is 2.53. The fourth-order valence-electron chi connectivity index (χ4n) is 5.86. The summed E-state index contributed by atoms with van der Waals surface area (Å²) in [5.41, 5.74) is -0.494. The van der Waals surface area contributed by atoms with Crippen LogP contribution in [0.25, 0.3) is 0 Å². The van der Waals surface area contributed by atoms with Crippen LogP contribution in [0.1, 0.15) is 56.0 Å². The van der Waals surface area contributed by atoms with Crippen molar-refractivity contribution in [1.29, 1.82) is 5.26 Å². The van der Waals surface area contributed by atoms with Crippen LogP contribution < -0.4 is 5.32 Å². The Morgan fingerprint density at radius 2 is 1.95 bits per heavy atom. The maximum Gasteiger partial charge on any atom is 0.338 e. The van der Waals surface area contributed by atoms with Crippen molar-refractivity contribution >= 4 is 33.3 Å². The van der Waals surface area contributed by atoms with Gasteiger partial charge in [0.05, 0.1) is 26.6 Å². The number of anilines is 1. The summed E-state index contributed by atoms with van der Waals surface area (Å²) in [6.45, 7) is 6.14. The molecule has 1 saturated heterocycles. The van der Waals surface area contributed by atoms with Crippen molar-refractivity contribution in [3.05, 3.63) is 63.7 Å². The summed E-state index contributed by atoms with van der Waals surface area (Å²) in [5.74, 6) is -1.66. The number of ether oxygens (including phenoxy) is 1. The van der Waals surface area contributed by atoms with E-state index in [1.165, 1.54) is 30.3 Å². The SMILES string of the molecule is CC1(C)CC2CC(C)(CN2S(=O)(=O)c2cccc(C(=O)OCC(=O)Nc3ccc([N+](=O)[O-])cc3C#N)c2)C1. The number of nitrogens with zero attached hydrogens (tertiary/aromatic N) is 3. The lowest BCUT2D eigenvalue weighted by atomic mass is 9.65. The third kappa shape index (κ3) is 5.54. The maximum absolute atomic E-state index is 13.5. The van der Waals surface area contributed by atoms with Crippen molar-refractivity contribution in [2.24, 2.45) is 10.8 Å². The summed E-state index contributed by atoms with van der Waals surface area (Å²) in [6, 6.07) is 10.5. The summed E-state index contributed by atoms with van der Waals surface area (Å²) in [6.07, 6.45) is 2.50. The van der Waals surface area contributed by atoms with Crippen LogP contribution in [0.5, 0.6) is 0 Å². The number of rotatable bonds is 7. The van der Waals surface area contributed by atoms with Crippen molar-refractivity contribution < 1.29 is 27.7 Å². The average molecular weight is 541 g/mol. The minimum atomic E-state index is -3.86. The van der Waals surface area contributed by atoms with Crippen molar-refractivity contribution in [3.63, 3.8) is 0 Å². The Morgan fingerprint density at radius 1 is 1.21 bits per heavy atom. The molecule has 1 heterocycles. The summed E-state index contributed by atoms with van der Waals surface area (Å²) in [5, 5.41) is 22.5. The van der Waals surface area contributed by atoms with E-state index in [1.54, 1.807) is 10.4 Å². The number of non-ortho nitro benzene ring substituents is 1. The van der Waals surface area contributed by atoms with Crippen LogP contribution in [-0.2, 0) is 19.6 Å². The normalized spacial score (nSPS) is 22.3. The molecule has 1 N–H and O–H groups in total. The minimum absolute atomic E-state index is 0.0186. The van der Waals surface area contributed by atoms with E-state index in [0.717, 1.165) is 31.4 Å². The molecule has 0 radical (unpaired) electrons. The molecule has 2 atom stereocenters. The standard InChI is InChI=1S/C26H28N4O7S/c1-25(2)11-20-12-26(3,15-25)16-29(20)38(35,36)21-6-4-5-17(10-21)24(32)37-14-23(31)28-22-8-7-19(30(33)34)9-18(22)13-27/h4-10,20H,11-12,14-16H2,1-3H3,(H,28,31). The smallest absolute Gasteiger partial charge is 0.338 e. The van der Waals surface area contributed by atoms with E-state index in [-0.39, 0.29) is 44.3 Å². The number of hydrogen-bond donors (Lipinski definition) is 1. The fourth-order valence-corrected chi connectivity index (χ4v) is 7.68. The number of hydrogen-bond acceptors (Lipinski definition) is 8. The van der Waals surface area contributed by atoms with Gasteiger partial charge in [0.15, 0.2) is 6.61 Å². The van der Waals surface area contributed by atoms with E-state index >= 15 is 0 Å². The number of esters is 1. The molecular weight excluding hydrogens is 512 g/mol. The second kappa shape index (κ2) is 9.81. The second-order valence-corrected chi connectivity index (χ2v) is 12.9. The monoisotopic (exact) mass is 540 g/mol. The maximum atomic E-state index is 13.5. The fraction of sp³-hybridized carbons (Fsp3) is 0.423. The zero-order valence-corrected chi connectivity index (χ0v) is 22.1. The van der Waals surface area contributed by atoms with Crippen LogP contribution in [0.4, 0.5) is 11.4 Å². The first kappa shape index (κ1) is 27.2. The molecule has 11 nitrogen and oxygen atoms in total. The number of nitriles is 1. The quantitative estimate of drug-likeness (QED) is 0.315. The van der Waals surface area contributed by atoms with E-state index in [2.05, 4.69) is 26.1 Å². The lowest BCUT2D eigenvalue weighted by Gasteiger charge is -2.39. The number of carbonyl (C=O) groups is 2. The largest absolute Gasteiger partial charge is 0.452 e. The summed E-state index contributed by atoms with van der Waals surface area (Å²) >= 11 is 0. The topological polar surface area (TPSA) is 160 Å². The number of nitro groups is 1. The minimum Gasteiger partial charge on any atom is -0.452 e. The van der Waals surface area contributed by atoms with Crippen molar-refractivity contribution in [1.82, 2.24) is 4.31 Å². The molecule has 4 rings (SSSR count). The van der Waals surface area contributed by atoms with Crippen LogP contribution in [0.15, 0.2) is 47.4 Å². The highest BCUT2D eigenvalue weighted by Gasteiger charge is 2.53. The van der Waals surface area contributed by atoms with Gasteiger partial charge in [0, 0.05) is 24.7 Å². The Morgan fingerprint density at radius 3 is 2.63 bits per heavy atom. The number of nitrogens with one attached hydrogen (secondary N) is 1. The molecule has 200 valence electrons. The molecule has 1 amide bonds. The zero-order valence-electron chi connectivity index (χ0n) is 21.3. The van der Waals surface area contributed by atoms with E-state index in [0.29, 0.717) is 6.54 Å². The first-order valence-corrected chi connectivity index (χ1v) is 13.4. The number of carbonyl (C=O) groups excluding carboxylic acids is 2. The highest BCUT2D eigenvalue weighted by atomic mass is 32.2. The molecule has 2 aromatic rings. The van der Waals surface area contributed by atoms with Crippen LogP contribution in [0.3, 0.4) is 0 Å². The number of amides is 1. The van der Waals surface area contributed by atoms with Gasteiger partial charge in [-0.2, -0.15) is 9.57 Å². The Bertz CT molecular complexity index is 1460. The zero-order chi connectivity index (χ0) is 27.9. The molecule has 2 aromatic carbocycles. The van der Waals surface area contributed by atoms with Crippen LogP contribution in [0.2, 0.25) is 0 Å². The Kier molecular flexibility index (Phi) is 7.03. The predicted molar refractivity (Wildman–Crippen MR) is 137 cm³/mol. The van der Waals surface area contributed by atoms with Gasteiger partial charge in [-0.05, 0) is 54.4 Å². The second-order valence-electron chi connectivity index (χ2n) is 11.0. The molecule has 2 aliphatic rings. The van der Waals surface area contributed by atoms with Gasteiger partial charge in [-0.3, -0.25) is 14.9 Å². The van der Waals surface area contributed by atoms with Crippen molar-refractivity contribution in [2.75, 3.05) is 18.5 Å². The van der Waals surface area contributed by atoms with Gasteiger partial charge < -0.3 is 10.1 Å². The molecular formula is C26H28N4O7S. The number of sulfonamides is 1. The van der Waals surface area contributed by atoms with Gasteiger partial charge in [-0.1, -0.05) is 26.8 Å². The first-order valence-electron chi connectivity index (χ1n) is 12.0. The van der Waals surface area contributed by atoms with Gasteiger partial charge in [-0.15, -0.1) is 0 Å². The van der Waals surface area contributed by atoms with Gasteiger partial charge >= 0.3 is 5.97 Å². The Hall–Kier alpha value is -3.82. The van der Waals surface area contributed by atoms with Crippen LogP contribution >= 0.6 is 0 Å². The van der Waals surface area contributed by atoms with Gasteiger partial charge in [0.1, 0.15) is 6.07 Å². The lowest BCUT2D eigenvalue weighted by molar-refractivity contribution is -0.384. The van der Waals surface area contributed by atoms with E-state index in [9.17, 15) is 33.4 Å². The third-order valence-corrected chi connectivity index (χ3v) is 8.88.